The SMILES string of the molecule is Cc1ccccc1SCC(O)(c1ccc2c(cnn2C2C=CC=CC2)c1)C(F)(F)F. The van der Waals surface area contributed by atoms with Crippen LogP contribution in [0.2, 0.25) is 0 Å². The Morgan fingerprint density at radius 3 is 2.67 bits per heavy atom. The van der Waals surface area contributed by atoms with Gasteiger partial charge in [0.1, 0.15) is 0 Å². The third-order valence-corrected chi connectivity index (χ3v) is 6.68. The first kappa shape index (κ1) is 20.8. The van der Waals surface area contributed by atoms with E-state index in [2.05, 4.69) is 5.10 Å². The van der Waals surface area contributed by atoms with Crippen LogP contribution >= 0.6 is 11.8 Å². The minimum absolute atomic E-state index is 0.0245. The number of aromatic nitrogens is 2. The van der Waals surface area contributed by atoms with Crippen molar-refractivity contribution in [3.05, 3.63) is 84.1 Å². The van der Waals surface area contributed by atoms with Crippen LogP contribution in [0.1, 0.15) is 23.6 Å². The molecule has 2 atom stereocenters. The van der Waals surface area contributed by atoms with Gasteiger partial charge in [0, 0.05) is 16.0 Å². The van der Waals surface area contributed by atoms with Crippen molar-refractivity contribution in [1.29, 1.82) is 0 Å². The largest absolute Gasteiger partial charge is 0.422 e. The molecule has 0 bridgehead atoms. The topological polar surface area (TPSA) is 38.1 Å². The van der Waals surface area contributed by atoms with Gasteiger partial charge in [-0.05, 0) is 42.7 Å². The number of rotatable bonds is 5. The number of allylic oxidation sites excluding steroid dienone is 4. The van der Waals surface area contributed by atoms with Gasteiger partial charge in [-0.3, -0.25) is 4.68 Å². The highest BCUT2D eigenvalue weighted by molar-refractivity contribution is 7.99. The number of benzene rings is 2. The predicted octanol–water partition coefficient (Wildman–Crippen LogP) is 5.94. The maximum absolute atomic E-state index is 14.0. The maximum atomic E-state index is 14.0. The second kappa shape index (κ2) is 7.96. The second-order valence-corrected chi connectivity index (χ2v) is 8.41. The van der Waals surface area contributed by atoms with Gasteiger partial charge in [0.25, 0.3) is 0 Å². The molecule has 3 nitrogen and oxygen atoms in total. The predicted molar refractivity (Wildman–Crippen MR) is 114 cm³/mol. The van der Waals surface area contributed by atoms with Crippen LogP contribution in [0.15, 0.2) is 77.9 Å². The van der Waals surface area contributed by atoms with Gasteiger partial charge in [-0.25, -0.2) is 0 Å². The summed E-state index contributed by atoms with van der Waals surface area (Å²) in [7, 11) is 0. The number of hydrogen-bond donors (Lipinski definition) is 1. The fraction of sp³-hybridized carbons (Fsp3) is 0.261. The smallest absolute Gasteiger partial charge is 0.376 e. The summed E-state index contributed by atoms with van der Waals surface area (Å²) in [6.45, 7) is 1.84. The van der Waals surface area contributed by atoms with E-state index in [1.54, 1.807) is 29.1 Å². The average molecular weight is 430 g/mol. The van der Waals surface area contributed by atoms with Crippen LogP contribution in [0.3, 0.4) is 0 Å². The molecule has 1 N–H and O–H groups in total. The molecule has 1 aliphatic rings. The summed E-state index contributed by atoms with van der Waals surface area (Å²) < 4.78 is 43.8. The average Bonchev–Trinajstić information content (AvgIpc) is 3.16. The second-order valence-electron chi connectivity index (χ2n) is 7.39. The van der Waals surface area contributed by atoms with Crippen LogP contribution in [0.4, 0.5) is 13.2 Å². The fourth-order valence-electron chi connectivity index (χ4n) is 3.55. The van der Waals surface area contributed by atoms with Crippen molar-refractivity contribution < 1.29 is 18.3 Å². The van der Waals surface area contributed by atoms with E-state index < -0.39 is 17.5 Å². The Morgan fingerprint density at radius 1 is 1.17 bits per heavy atom. The van der Waals surface area contributed by atoms with E-state index in [0.717, 1.165) is 29.3 Å². The first-order chi connectivity index (χ1) is 14.3. The lowest BCUT2D eigenvalue weighted by Crippen LogP contribution is -2.44. The molecule has 7 heteroatoms. The van der Waals surface area contributed by atoms with Crippen molar-refractivity contribution in [3.63, 3.8) is 0 Å². The minimum Gasteiger partial charge on any atom is -0.376 e. The zero-order valence-electron chi connectivity index (χ0n) is 16.3. The van der Waals surface area contributed by atoms with Gasteiger partial charge in [0.2, 0.25) is 0 Å². The molecule has 30 heavy (non-hydrogen) atoms. The number of thioether (sulfide) groups is 1. The molecule has 0 saturated heterocycles. The van der Waals surface area contributed by atoms with Gasteiger partial charge in [-0.1, -0.05) is 48.6 Å². The van der Waals surface area contributed by atoms with E-state index in [9.17, 15) is 18.3 Å². The molecule has 1 aromatic heterocycles. The standard InChI is InChI=1S/C23H21F3N2OS/c1-16-7-5-6-10-21(16)30-15-22(29,23(24,25)26)18-11-12-20-17(13-18)14-27-28(20)19-8-3-2-4-9-19/h2-8,10-14,19,29H,9,15H2,1H3. The fourth-order valence-corrected chi connectivity index (χ4v) is 4.72. The molecule has 0 amide bonds. The Morgan fingerprint density at radius 2 is 1.97 bits per heavy atom. The van der Waals surface area contributed by atoms with E-state index in [1.165, 1.54) is 12.1 Å². The number of alkyl halides is 3. The number of hydrogen-bond acceptors (Lipinski definition) is 3. The summed E-state index contributed by atoms with van der Waals surface area (Å²) in [5, 5.41) is 15.7. The first-order valence-electron chi connectivity index (χ1n) is 9.58. The molecule has 0 aliphatic heterocycles. The van der Waals surface area contributed by atoms with Crippen molar-refractivity contribution in [2.45, 2.75) is 36.1 Å². The van der Waals surface area contributed by atoms with Crippen molar-refractivity contribution >= 4 is 22.7 Å². The zero-order chi connectivity index (χ0) is 21.4. The molecule has 2 aromatic carbocycles. The quantitative estimate of drug-likeness (QED) is 0.509. The molecule has 3 aromatic rings. The molecule has 4 rings (SSSR count). The lowest BCUT2D eigenvalue weighted by molar-refractivity contribution is -0.256. The summed E-state index contributed by atoms with van der Waals surface area (Å²) in [5.41, 5.74) is -1.54. The van der Waals surface area contributed by atoms with Crippen molar-refractivity contribution in [1.82, 2.24) is 9.78 Å². The van der Waals surface area contributed by atoms with Gasteiger partial charge in [0.15, 0.2) is 5.60 Å². The molecule has 156 valence electrons. The normalized spacial score (nSPS) is 18.6. The molecular formula is C23H21F3N2OS. The van der Waals surface area contributed by atoms with Crippen molar-refractivity contribution in [2.24, 2.45) is 0 Å². The van der Waals surface area contributed by atoms with E-state index in [-0.39, 0.29) is 11.6 Å². The van der Waals surface area contributed by atoms with Gasteiger partial charge in [-0.15, -0.1) is 11.8 Å². The zero-order valence-corrected chi connectivity index (χ0v) is 17.1. The summed E-state index contributed by atoms with van der Waals surface area (Å²) >= 11 is 1.00. The van der Waals surface area contributed by atoms with Crippen LogP contribution in [-0.4, -0.2) is 26.8 Å². The molecule has 0 spiro atoms. The molecule has 0 saturated carbocycles. The highest BCUT2D eigenvalue weighted by atomic mass is 32.2. The number of aryl methyl sites for hydroxylation is 1. The summed E-state index contributed by atoms with van der Waals surface area (Å²) in [5.74, 6) is -0.531. The number of aliphatic hydroxyl groups is 1. The molecule has 1 aliphatic carbocycles. The Hall–Kier alpha value is -2.51. The van der Waals surface area contributed by atoms with Crippen molar-refractivity contribution in [2.75, 3.05) is 5.75 Å². The highest BCUT2D eigenvalue weighted by Gasteiger charge is 2.55. The Bertz CT molecular complexity index is 1120. The molecular weight excluding hydrogens is 409 g/mol. The summed E-state index contributed by atoms with van der Waals surface area (Å²) in [4.78, 5) is 0.714. The molecule has 0 radical (unpaired) electrons. The lowest BCUT2D eigenvalue weighted by Gasteiger charge is -2.31. The third kappa shape index (κ3) is 3.79. The van der Waals surface area contributed by atoms with Crippen LogP contribution in [0, 0.1) is 6.92 Å². The Labute approximate surface area is 176 Å². The summed E-state index contributed by atoms with van der Waals surface area (Å²) in [6.07, 6.45) is 5.42. The van der Waals surface area contributed by atoms with E-state index >= 15 is 0 Å². The van der Waals surface area contributed by atoms with Crippen LogP contribution in [-0.2, 0) is 5.60 Å². The van der Waals surface area contributed by atoms with Crippen molar-refractivity contribution in [3.8, 4) is 0 Å². The van der Waals surface area contributed by atoms with E-state index in [1.807, 2.05) is 43.4 Å². The Balaban J connectivity index is 1.68. The van der Waals surface area contributed by atoms with Crippen LogP contribution < -0.4 is 0 Å². The molecule has 0 fully saturated rings. The van der Waals surface area contributed by atoms with Gasteiger partial charge >= 0.3 is 6.18 Å². The van der Waals surface area contributed by atoms with Crippen LogP contribution in [0.5, 0.6) is 0 Å². The van der Waals surface area contributed by atoms with Crippen LogP contribution in [0.25, 0.3) is 10.9 Å². The van der Waals surface area contributed by atoms with Gasteiger partial charge in [0.05, 0.1) is 17.8 Å². The maximum Gasteiger partial charge on any atom is 0.422 e. The molecule has 1 heterocycles. The number of nitrogens with zero attached hydrogens (tertiary/aromatic N) is 2. The highest BCUT2D eigenvalue weighted by Crippen LogP contribution is 2.43. The Kier molecular flexibility index (Phi) is 5.51. The lowest BCUT2D eigenvalue weighted by atomic mass is 9.94. The minimum atomic E-state index is -4.82. The first-order valence-corrected chi connectivity index (χ1v) is 10.6. The number of halogens is 3. The molecule has 2 unspecified atom stereocenters. The summed E-state index contributed by atoms with van der Waals surface area (Å²) in [6, 6.07) is 11.6. The van der Waals surface area contributed by atoms with E-state index in [4.69, 9.17) is 0 Å². The van der Waals surface area contributed by atoms with Gasteiger partial charge < -0.3 is 5.11 Å². The monoisotopic (exact) mass is 430 g/mol. The third-order valence-electron chi connectivity index (χ3n) is 5.34. The number of fused-ring (bicyclic) bond motifs is 1. The van der Waals surface area contributed by atoms with E-state index in [0.29, 0.717) is 10.3 Å². The van der Waals surface area contributed by atoms with Gasteiger partial charge in [-0.2, -0.15) is 18.3 Å².